The Morgan fingerprint density at radius 1 is 1.20 bits per heavy atom. The summed E-state index contributed by atoms with van der Waals surface area (Å²) in [6.45, 7) is 3.35. The number of thiophene rings is 1. The van der Waals surface area contributed by atoms with Gasteiger partial charge in [-0.3, -0.25) is 9.69 Å². The van der Waals surface area contributed by atoms with Gasteiger partial charge in [0, 0.05) is 30.4 Å². The van der Waals surface area contributed by atoms with Gasteiger partial charge in [-0.05, 0) is 37.3 Å². The molecule has 0 unspecified atom stereocenters. The maximum absolute atomic E-state index is 13.1. The van der Waals surface area contributed by atoms with Crippen LogP contribution in [0.4, 0.5) is 10.5 Å². The first kappa shape index (κ1) is 18.9. The Morgan fingerprint density at radius 2 is 2.00 bits per heavy atom. The average molecular weight is 423 g/mol. The summed E-state index contributed by atoms with van der Waals surface area (Å²) in [7, 11) is 0. The molecular formula is C22H22N4O3S. The molecule has 0 radical (unpaired) electrons. The minimum absolute atomic E-state index is 0.0185. The van der Waals surface area contributed by atoms with E-state index in [9.17, 15) is 9.59 Å². The monoisotopic (exact) mass is 422 g/mol. The van der Waals surface area contributed by atoms with E-state index in [0.717, 1.165) is 27.6 Å². The number of ether oxygens (including phenoxy) is 1. The quantitative estimate of drug-likeness (QED) is 0.686. The molecule has 0 atom stereocenters. The second-order valence-electron chi connectivity index (χ2n) is 7.61. The van der Waals surface area contributed by atoms with E-state index in [1.54, 1.807) is 16.2 Å². The number of piperidine rings is 1. The molecule has 2 aliphatic rings. The normalized spacial score (nSPS) is 17.0. The first-order valence-electron chi connectivity index (χ1n) is 10.1. The number of H-pyrrole nitrogens is 1. The van der Waals surface area contributed by atoms with Crippen molar-refractivity contribution in [3.8, 4) is 10.7 Å². The third kappa shape index (κ3) is 3.27. The van der Waals surface area contributed by atoms with E-state index < -0.39 is 0 Å². The molecular weight excluding hydrogens is 400 g/mol. The second-order valence-corrected chi connectivity index (χ2v) is 8.56. The molecule has 8 heteroatoms. The number of amides is 2. The number of rotatable bonds is 3. The number of aryl methyl sites for hydroxylation is 1. The topological polar surface area (TPSA) is 78.5 Å². The van der Waals surface area contributed by atoms with Crippen LogP contribution in [0.15, 0.2) is 41.8 Å². The number of nitrogens with one attached hydrogen (secondary N) is 1. The Labute approximate surface area is 178 Å². The predicted octanol–water partition coefficient (Wildman–Crippen LogP) is 4.21. The third-order valence-corrected chi connectivity index (χ3v) is 6.63. The van der Waals surface area contributed by atoms with Crippen LogP contribution in [-0.2, 0) is 11.3 Å². The molecule has 3 aromatic rings. The van der Waals surface area contributed by atoms with Crippen LogP contribution in [-0.4, -0.2) is 46.0 Å². The molecule has 2 amide bonds. The van der Waals surface area contributed by atoms with Gasteiger partial charge in [-0.25, -0.2) is 9.78 Å². The Balaban J connectivity index is 1.30. The van der Waals surface area contributed by atoms with Crippen LogP contribution in [0, 0.1) is 6.92 Å². The average Bonchev–Trinajstić information content (AvgIpc) is 3.43. The molecule has 1 saturated heterocycles. The number of nitrogens with zero attached hydrogens (tertiary/aromatic N) is 3. The number of fused-ring (bicyclic) bond motifs is 1. The van der Waals surface area contributed by atoms with Gasteiger partial charge in [-0.15, -0.1) is 11.3 Å². The van der Waals surface area contributed by atoms with Crippen molar-refractivity contribution in [1.29, 1.82) is 0 Å². The highest BCUT2D eigenvalue weighted by atomic mass is 32.1. The van der Waals surface area contributed by atoms with Crippen molar-refractivity contribution in [2.24, 2.45) is 0 Å². The molecule has 154 valence electrons. The van der Waals surface area contributed by atoms with Gasteiger partial charge in [0.1, 0.15) is 18.1 Å². The van der Waals surface area contributed by atoms with Crippen LogP contribution < -0.4 is 4.90 Å². The maximum Gasteiger partial charge on any atom is 0.414 e. The fourth-order valence-corrected chi connectivity index (χ4v) is 4.87. The van der Waals surface area contributed by atoms with Crippen LogP contribution in [0.2, 0.25) is 0 Å². The van der Waals surface area contributed by atoms with Gasteiger partial charge in [0.25, 0.3) is 5.91 Å². The first-order valence-corrected chi connectivity index (χ1v) is 10.9. The van der Waals surface area contributed by atoms with Gasteiger partial charge in [0.2, 0.25) is 0 Å². The minimum Gasteiger partial charge on any atom is -0.444 e. The fraction of sp³-hybridized carbons (Fsp3) is 0.318. The zero-order valence-corrected chi connectivity index (χ0v) is 17.4. The SMILES string of the molecule is Cc1[nH]c(-c2cccs2)nc1C(=O)N1CCC(N2C(=O)OCc3ccccc32)CC1. The van der Waals surface area contributed by atoms with Gasteiger partial charge >= 0.3 is 6.09 Å². The number of aromatic amines is 1. The van der Waals surface area contributed by atoms with Crippen molar-refractivity contribution in [3.05, 3.63) is 58.7 Å². The summed E-state index contributed by atoms with van der Waals surface area (Å²) in [5.41, 5.74) is 3.18. The number of cyclic esters (lactones) is 1. The van der Waals surface area contributed by atoms with Gasteiger partial charge in [0.15, 0.2) is 0 Å². The van der Waals surface area contributed by atoms with Crippen molar-refractivity contribution in [2.75, 3.05) is 18.0 Å². The van der Waals surface area contributed by atoms with Crippen molar-refractivity contribution < 1.29 is 14.3 Å². The van der Waals surface area contributed by atoms with Crippen molar-refractivity contribution in [1.82, 2.24) is 14.9 Å². The number of anilines is 1. The summed E-state index contributed by atoms with van der Waals surface area (Å²) in [5, 5.41) is 1.99. The Kier molecular flexibility index (Phi) is 4.78. The molecule has 0 bridgehead atoms. The van der Waals surface area contributed by atoms with E-state index in [1.165, 1.54) is 0 Å². The highest BCUT2D eigenvalue weighted by Gasteiger charge is 2.35. The van der Waals surface area contributed by atoms with E-state index in [-0.39, 0.29) is 18.0 Å². The van der Waals surface area contributed by atoms with E-state index >= 15 is 0 Å². The molecule has 5 rings (SSSR count). The number of hydrogen-bond acceptors (Lipinski definition) is 5. The molecule has 0 spiro atoms. The second kappa shape index (κ2) is 7.60. The van der Waals surface area contributed by atoms with Crippen molar-refractivity contribution in [2.45, 2.75) is 32.4 Å². The summed E-state index contributed by atoms with van der Waals surface area (Å²) in [6, 6.07) is 11.8. The predicted molar refractivity (Wildman–Crippen MR) is 115 cm³/mol. The molecule has 0 saturated carbocycles. The lowest BCUT2D eigenvalue weighted by molar-refractivity contribution is 0.0702. The van der Waals surface area contributed by atoms with Gasteiger partial charge in [-0.2, -0.15) is 0 Å². The Morgan fingerprint density at radius 3 is 2.77 bits per heavy atom. The number of para-hydroxylation sites is 1. The lowest BCUT2D eigenvalue weighted by Crippen LogP contribution is -2.50. The van der Waals surface area contributed by atoms with Crippen molar-refractivity contribution >= 4 is 29.0 Å². The summed E-state index contributed by atoms with van der Waals surface area (Å²) < 4.78 is 5.36. The van der Waals surface area contributed by atoms with Crippen LogP contribution in [0.1, 0.15) is 34.6 Å². The molecule has 4 heterocycles. The number of likely N-dealkylation sites (tertiary alicyclic amines) is 1. The lowest BCUT2D eigenvalue weighted by atomic mass is 10.0. The molecule has 2 aliphatic heterocycles. The van der Waals surface area contributed by atoms with Crippen molar-refractivity contribution in [3.63, 3.8) is 0 Å². The Bertz CT molecular complexity index is 1080. The van der Waals surface area contributed by atoms with Gasteiger partial charge in [0.05, 0.1) is 10.6 Å². The molecule has 1 fully saturated rings. The van der Waals surface area contributed by atoms with Crippen LogP contribution >= 0.6 is 11.3 Å². The van der Waals surface area contributed by atoms with Crippen LogP contribution in [0.25, 0.3) is 10.7 Å². The highest BCUT2D eigenvalue weighted by Crippen LogP contribution is 2.32. The number of benzene rings is 1. The first-order chi connectivity index (χ1) is 14.6. The van der Waals surface area contributed by atoms with Crippen LogP contribution in [0.3, 0.4) is 0 Å². The molecule has 2 aromatic heterocycles. The summed E-state index contributed by atoms with van der Waals surface area (Å²) in [4.78, 5) is 37.9. The zero-order valence-electron chi connectivity index (χ0n) is 16.6. The number of aromatic nitrogens is 2. The van der Waals surface area contributed by atoms with E-state index in [0.29, 0.717) is 38.2 Å². The number of carbonyl (C=O) groups excluding carboxylic acids is 2. The van der Waals surface area contributed by atoms with E-state index in [2.05, 4.69) is 9.97 Å². The highest BCUT2D eigenvalue weighted by molar-refractivity contribution is 7.13. The number of imidazole rings is 1. The van der Waals surface area contributed by atoms with E-state index in [1.807, 2.05) is 53.6 Å². The van der Waals surface area contributed by atoms with E-state index in [4.69, 9.17) is 4.74 Å². The van der Waals surface area contributed by atoms with Gasteiger partial charge in [-0.1, -0.05) is 24.3 Å². The largest absolute Gasteiger partial charge is 0.444 e. The Hall–Kier alpha value is -3.13. The molecule has 30 heavy (non-hydrogen) atoms. The summed E-state index contributed by atoms with van der Waals surface area (Å²) in [6.07, 6.45) is 1.11. The molecule has 0 aliphatic carbocycles. The summed E-state index contributed by atoms with van der Waals surface area (Å²) in [5.74, 6) is 0.667. The lowest BCUT2D eigenvalue weighted by Gasteiger charge is -2.40. The maximum atomic E-state index is 13.1. The molecule has 7 nitrogen and oxygen atoms in total. The number of carbonyl (C=O) groups is 2. The molecule has 1 aromatic carbocycles. The molecule has 1 N–H and O–H groups in total. The van der Waals surface area contributed by atoms with Crippen LogP contribution in [0.5, 0.6) is 0 Å². The smallest absolute Gasteiger partial charge is 0.414 e. The number of hydrogen-bond donors (Lipinski definition) is 1. The minimum atomic E-state index is -0.304. The zero-order chi connectivity index (χ0) is 20.7. The standard InChI is InChI=1S/C22H22N4O3S/c1-14-19(24-20(23-14)18-7-4-12-30-18)21(27)25-10-8-16(9-11-25)26-17-6-3-2-5-15(17)13-29-22(26)28/h2-7,12,16H,8-11,13H2,1H3,(H,23,24). The summed E-state index contributed by atoms with van der Waals surface area (Å²) >= 11 is 1.59. The third-order valence-electron chi connectivity index (χ3n) is 5.76. The fourth-order valence-electron chi connectivity index (χ4n) is 4.20. The van der Waals surface area contributed by atoms with Gasteiger partial charge < -0.3 is 14.6 Å².